The Morgan fingerprint density at radius 3 is 2.27 bits per heavy atom. The van der Waals surface area contributed by atoms with Crippen LogP contribution in [0.25, 0.3) is 0 Å². The van der Waals surface area contributed by atoms with Gasteiger partial charge in [-0.25, -0.2) is 8.78 Å². The Bertz CT molecular complexity index is 356. The van der Waals surface area contributed by atoms with Gasteiger partial charge in [-0.05, 0) is 26.8 Å². The molecule has 0 atom stereocenters. The van der Waals surface area contributed by atoms with Crippen molar-refractivity contribution in [3.05, 3.63) is 29.3 Å². The van der Waals surface area contributed by atoms with E-state index in [1.165, 1.54) is 12.1 Å². The largest absolute Gasteiger partial charge is 0.378 e. The molecular formula is C11H16F2N2. The lowest BCUT2D eigenvalue weighted by Gasteiger charge is -2.22. The summed E-state index contributed by atoms with van der Waals surface area (Å²) in [6.45, 7) is 5.63. The maximum absolute atomic E-state index is 13.5. The fourth-order valence-electron chi connectivity index (χ4n) is 1.25. The van der Waals surface area contributed by atoms with Crippen molar-refractivity contribution in [2.75, 3.05) is 5.32 Å². The van der Waals surface area contributed by atoms with Gasteiger partial charge in [-0.15, -0.1) is 0 Å². The zero-order valence-corrected chi connectivity index (χ0v) is 9.20. The van der Waals surface area contributed by atoms with Gasteiger partial charge in [-0.3, -0.25) is 0 Å². The van der Waals surface area contributed by atoms with Crippen LogP contribution in [0.5, 0.6) is 0 Å². The van der Waals surface area contributed by atoms with E-state index in [4.69, 9.17) is 5.73 Å². The molecule has 1 rings (SSSR count). The predicted octanol–water partition coefficient (Wildman–Crippen LogP) is 2.63. The summed E-state index contributed by atoms with van der Waals surface area (Å²) >= 11 is 0. The van der Waals surface area contributed by atoms with Crippen LogP contribution in [0, 0.1) is 11.6 Å². The normalized spacial score (nSPS) is 11.6. The molecule has 0 aliphatic heterocycles. The standard InChI is InChI=1S/C11H16F2N2/c1-11(2,3)15-8-5-4-7(6-14)9(12)10(8)13/h4-5,15H,6,14H2,1-3H3. The molecule has 2 nitrogen and oxygen atoms in total. The zero-order chi connectivity index (χ0) is 11.6. The third-order valence-electron chi connectivity index (χ3n) is 1.89. The maximum atomic E-state index is 13.5. The van der Waals surface area contributed by atoms with Crippen molar-refractivity contribution in [1.82, 2.24) is 0 Å². The first-order valence-electron chi connectivity index (χ1n) is 4.80. The van der Waals surface area contributed by atoms with Gasteiger partial charge in [0.05, 0.1) is 5.69 Å². The van der Waals surface area contributed by atoms with E-state index >= 15 is 0 Å². The number of anilines is 1. The lowest BCUT2D eigenvalue weighted by molar-refractivity contribution is 0.497. The Balaban J connectivity index is 3.07. The van der Waals surface area contributed by atoms with Crippen molar-refractivity contribution in [2.45, 2.75) is 32.9 Å². The molecule has 0 amide bonds. The molecule has 3 N–H and O–H groups in total. The molecular weight excluding hydrogens is 198 g/mol. The van der Waals surface area contributed by atoms with Crippen LogP contribution >= 0.6 is 0 Å². The number of hydrogen-bond acceptors (Lipinski definition) is 2. The molecule has 0 bridgehead atoms. The first-order valence-corrected chi connectivity index (χ1v) is 4.80. The maximum Gasteiger partial charge on any atom is 0.182 e. The average Bonchev–Trinajstić information content (AvgIpc) is 2.11. The van der Waals surface area contributed by atoms with Gasteiger partial charge in [0.1, 0.15) is 0 Å². The average molecular weight is 214 g/mol. The van der Waals surface area contributed by atoms with Crippen LogP contribution in [0.2, 0.25) is 0 Å². The van der Waals surface area contributed by atoms with Crippen molar-refractivity contribution in [1.29, 1.82) is 0 Å². The van der Waals surface area contributed by atoms with Gasteiger partial charge in [-0.1, -0.05) is 6.07 Å². The zero-order valence-electron chi connectivity index (χ0n) is 9.20. The highest BCUT2D eigenvalue weighted by molar-refractivity contribution is 5.48. The van der Waals surface area contributed by atoms with E-state index in [-0.39, 0.29) is 23.3 Å². The summed E-state index contributed by atoms with van der Waals surface area (Å²) in [4.78, 5) is 0. The molecule has 0 radical (unpaired) electrons. The summed E-state index contributed by atoms with van der Waals surface area (Å²) in [6, 6.07) is 3.00. The van der Waals surface area contributed by atoms with Crippen LogP contribution in [0.15, 0.2) is 12.1 Å². The molecule has 0 saturated heterocycles. The third kappa shape index (κ3) is 2.89. The Morgan fingerprint density at radius 2 is 1.80 bits per heavy atom. The molecule has 1 aromatic rings. The molecule has 0 fully saturated rings. The highest BCUT2D eigenvalue weighted by Gasteiger charge is 2.16. The minimum atomic E-state index is -0.869. The predicted molar refractivity (Wildman–Crippen MR) is 57.6 cm³/mol. The van der Waals surface area contributed by atoms with E-state index in [2.05, 4.69) is 5.32 Å². The lowest BCUT2D eigenvalue weighted by atomic mass is 10.1. The van der Waals surface area contributed by atoms with E-state index in [1.807, 2.05) is 20.8 Å². The van der Waals surface area contributed by atoms with E-state index in [9.17, 15) is 8.78 Å². The van der Waals surface area contributed by atoms with Gasteiger partial charge in [0, 0.05) is 17.6 Å². The molecule has 0 aliphatic rings. The molecule has 4 heteroatoms. The Kier molecular flexibility index (Phi) is 3.29. The number of benzene rings is 1. The molecule has 15 heavy (non-hydrogen) atoms. The van der Waals surface area contributed by atoms with E-state index in [0.717, 1.165) is 0 Å². The summed E-state index contributed by atoms with van der Waals surface area (Å²) < 4.78 is 26.8. The van der Waals surface area contributed by atoms with Crippen LogP contribution < -0.4 is 11.1 Å². The molecule has 0 unspecified atom stereocenters. The van der Waals surface area contributed by atoms with Gasteiger partial charge < -0.3 is 11.1 Å². The van der Waals surface area contributed by atoms with Gasteiger partial charge in [-0.2, -0.15) is 0 Å². The fraction of sp³-hybridized carbons (Fsp3) is 0.455. The van der Waals surface area contributed by atoms with E-state index in [1.54, 1.807) is 0 Å². The number of nitrogens with two attached hydrogens (primary N) is 1. The number of hydrogen-bond donors (Lipinski definition) is 2. The van der Waals surface area contributed by atoms with Gasteiger partial charge in [0.2, 0.25) is 0 Å². The summed E-state index contributed by atoms with van der Waals surface area (Å²) in [5.41, 5.74) is 5.31. The topological polar surface area (TPSA) is 38.0 Å². The summed E-state index contributed by atoms with van der Waals surface area (Å²) in [7, 11) is 0. The summed E-state index contributed by atoms with van der Waals surface area (Å²) in [6.07, 6.45) is 0. The third-order valence-corrected chi connectivity index (χ3v) is 1.89. The summed E-state index contributed by atoms with van der Waals surface area (Å²) in [5, 5.41) is 2.89. The smallest absolute Gasteiger partial charge is 0.182 e. The number of halogens is 2. The number of nitrogens with one attached hydrogen (secondary N) is 1. The van der Waals surface area contributed by atoms with Crippen LogP contribution in [-0.4, -0.2) is 5.54 Å². The molecule has 0 saturated carbocycles. The highest BCUT2D eigenvalue weighted by atomic mass is 19.2. The van der Waals surface area contributed by atoms with Crippen molar-refractivity contribution in [2.24, 2.45) is 5.73 Å². The van der Waals surface area contributed by atoms with Gasteiger partial charge in [0.25, 0.3) is 0 Å². The Hall–Kier alpha value is -1.16. The minimum absolute atomic E-state index is 0.00144. The van der Waals surface area contributed by atoms with Crippen molar-refractivity contribution >= 4 is 5.69 Å². The molecule has 0 aliphatic carbocycles. The monoisotopic (exact) mass is 214 g/mol. The second-order valence-corrected chi connectivity index (χ2v) is 4.48. The van der Waals surface area contributed by atoms with Crippen molar-refractivity contribution in [3.8, 4) is 0 Å². The van der Waals surface area contributed by atoms with E-state index < -0.39 is 11.6 Å². The highest BCUT2D eigenvalue weighted by Crippen LogP contribution is 2.23. The van der Waals surface area contributed by atoms with Gasteiger partial charge in [0.15, 0.2) is 11.6 Å². The van der Waals surface area contributed by atoms with Crippen LogP contribution in [0.1, 0.15) is 26.3 Å². The van der Waals surface area contributed by atoms with Crippen LogP contribution in [-0.2, 0) is 6.54 Å². The van der Waals surface area contributed by atoms with Crippen molar-refractivity contribution in [3.63, 3.8) is 0 Å². The lowest BCUT2D eigenvalue weighted by Crippen LogP contribution is -2.27. The minimum Gasteiger partial charge on any atom is -0.378 e. The molecule has 0 spiro atoms. The second-order valence-electron chi connectivity index (χ2n) is 4.48. The van der Waals surface area contributed by atoms with Crippen molar-refractivity contribution < 1.29 is 8.78 Å². The van der Waals surface area contributed by atoms with Crippen LogP contribution in [0.3, 0.4) is 0 Å². The van der Waals surface area contributed by atoms with E-state index in [0.29, 0.717) is 0 Å². The first kappa shape index (κ1) is 11.9. The summed E-state index contributed by atoms with van der Waals surface area (Å²) in [5.74, 6) is -1.74. The molecule has 84 valence electrons. The second kappa shape index (κ2) is 4.14. The fourth-order valence-corrected chi connectivity index (χ4v) is 1.25. The van der Waals surface area contributed by atoms with Gasteiger partial charge >= 0.3 is 0 Å². The Labute approximate surface area is 88.5 Å². The Morgan fingerprint density at radius 1 is 1.20 bits per heavy atom. The molecule has 0 heterocycles. The number of rotatable bonds is 2. The molecule has 1 aromatic carbocycles. The SMILES string of the molecule is CC(C)(C)Nc1ccc(CN)c(F)c1F. The first-order chi connectivity index (χ1) is 6.85. The van der Waals surface area contributed by atoms with Crippen LogP contribution in [0.4, 0.5) is 14.5 Å². The quantitative estimate of drug-likeness (QED) is 0.794. The molecule has 0 aromatic heterocycles.